The zero-order chi connectivity index (χ0) is 21.6. The number of anilines is 1. The van der Waals surface area contributed by atoms with Gasteiger partial charge >= 0.3 is 5.97 Å². The van der Waals surface area contributed by atoms with Gasteiger partial charge in [-0.3, -0.25) is 4.79 Å². The number of rotatable bonds is 7. The van der Waals surface area contributed by atoms with E-state index in [0.29, 0.717) is 37.0 Å². The molecular formula is C19H21N3O6S2. The second-order valence-electron chi connectivity index (χ2n) is 6.23. The Morgan fingerprint density at radius 2 is 1.90 bits per heavy atom. The summed E-state index contributed by atoms with van der Waals surface area (Å²) in [6.45, 7) is 0.866. The van der Waals surface area contributed by atoms with Crippen LogP contribution in [0.2, 0.25) is 0 Å². The van der Waals surface area contributed by atoms with Crippen LogP contribution in [0.3, 0.4) is 0 Å². The van der Waals surface area contributed by atoms with Gasteiger partial charge in [-0.2, -0.15) is 4.31 Å². The van der Waals surface area contributed by atoms with E-state index in [0.717, 1.165) is 0 Å². The number of morpholine rings is 1. The van der Waals surface area contributed by atoms with Crippen LogP contribution in [0.15, 0.2) is 52.5 Å². The first-order chi connectivity index (χ1) is 14.4. The van der Waals surface area contributed by atoms with Gasteiger partial charge in [-0.15, -0.1) is 11.8 Å². The van der Waals surface area contributed by atoms with E-state index < -0.39 is 28.5 Å². The third-order valence-electron chi connectivity index (χ3n) is 4.26. The molecule has 1 fully saturated rings. The first kappa shape index (κ1) is 22.2. The largest absolute Gasteiger partial charge is 0.452 e. The highest BCUT2D eigenvalue weighted by Crippen LogP contribution is 2.20. The molecular weight excluding hydrogens is 430 g/mol. The molecule has 30 heavy (non-hydrogen) atoms. The molecule has 1 amide bonds. The number of nitrogens with one attached hydrogen (secondary N) is 1. The summed E-state index contributed by atoms with van der Waals surface area (Å²) in [5, 5.41) is 3.08. The van der Waals surface area contributed by atoms with Gasteiger partial charge in [0, 0.05) is 25.0 Å². The van der Waals surface area contributed by atoms with Crippen molar-refractivity contribution in [1.82, 2.24) is 9.29 Å². The summed E-state index contributed by atoms with van der Waals surface area (Å²) in [5.41, 5.74) is 0.679. The Kier molecular flexibility index (Phi) is 7.43. The summed E-state index contributed by atoms with van der Waals surface area (Å²) >= 11 is 1.30. The Bertz CT molecular complexity index is 1010. The van der Waals surface area contributed by atoms with Crippen molar-refractivity contribution in [3.63, 3.8) is 0 Å². The smallest absolute Gasteiger partial charge is 0.341 e. The third kappa shape index (κ3) is 5.36. The van der Waals surface area contributed by atoms with Gasteiger partial charge in [-0.05, 0) is 42.7 Å². The van der Waals surface area contributed by atoms with E-state index in [-0.39, 0.29) is 10.5 Å². The minimum atomic E-state index is -3.60. The van der Waals surface area contributed by atoms with Gasteiger partial charge < -0.3 is 14.8 Å². The summed E-state index contributed by atoms with van der Waals surface area (Å²) in [4.78, 5) is 28.4. The van der Waals surface area contributed by atoms with Crippen LogP contribution in [0.25, 0.3) is 0 Å². The van der Waals surface area contributed by atoms with Crippen LogP contribution >= 0.6 is 11.8 Å². The molecule has 1 N–H and O–H groups in total. The third-order valence-corrected chi connectivity index (χ3v) is 6.89. The fraction of sp³-hybridized carbons (Fsp3) is 0.316. The SMILES string of the molecule is CSc1ncccc1C(=O)OCC(=O)Nc1ccc(S(=O)(=O)N2CCOCC2)cc1. The number of carbonyl (C=O) groups excluding carboxylic acids is 2. The fourth-order valence-electron chi connectivity index (χ4n) is 2.76. The number of esters is 1. The van der Waals surface area contributed by atoms with Crippen LogP contribution in [-0.2, 0) is 24.3 Å². The Morgan fingerprint density at radius 3 is 2.57 bits per heavy atom. The molecule has 160 valence electrons. The maximum absolute atomic E-state index is 12.6. The minimum absolute atomic E-state index is 0.134. The number of benzene rings is 1. The highest BCUT2D eigenvalue weighted by Gasteiger charge is 2.26. The van der Waals surface area contributed by atoms with Gasteiger partial charge in [-0.1, -0.05) is 0 Å². The summed E-state index contributed by atoms with van der Waals surface area (Å²) < 4.78 is 36.8. The lowest BCUT2D eigenvalue weighted by atomic mass is 10.3. The van der Waals surface area contributed by atoms with E-state index in [1.54, 1.807) is 24.6 Å². The van der Waals surface area contributed by atoms with E-state index in [1.807, 2.05) is 0 Å². The number of pyridine rings is 1. The van der Waals surface area contributed by atoms with E-state index in [4.69, 9.17) is 9.47 Å². The molecule has 0 radical (unpaired) electrons. The van der Waals surface area contributed by atoms with Gasteiger partial charge in [0.25, 0.3) is 5.91 Å². The number of carbonyl (C=O) groups is 2. The monoisotopic (exact) mass is 451 g/mol. The number of thioether (sulfide) groups is 1. The first-order valence-electron chi connectivity index (χ1n) is 9.06. The van der Waals surface area contributed by atoms with Crippen molar-refractivity contribution in [3.8, 4) is 0 Å². The van der Waals surface area contributed by atoms with E-state index in [1.165, 1.54) is 40.3 Å². The van der Waals surface area contributed by atoms with Crippen LogP contribution in [0.1, 0.15) is 10.4 Å². The second-order valence-corrected chi connectivity index (χ2v) is 8.96. The summed E-state index contributed by atoms with van der Waals surface area (Å²) in [5.74, 6) is -1.18. The lowest BCUT2D eigenvalue weighted by molar-refractivity contribution is -0.119. The number of ether oxygens (including phenoxy) is 2. The van der Waals surface area contributed by atoms with E-state index in [9.17, 15) is 18.0 Å². The van der Waals surface area contributed by atoms with Crippen molar-refractivity contribution in [2.45, 2.75) is 9.92 Å². The molecule has 0 unspecified atom stereocenters. The number of amides is 1. The van der Waals surface area contributed by atoms with Crippen LogP contribution in [0.5, 0.6) is 0 Å². The molecule has 2 aromatic rings. The van der Waals surface area contributed by atoms with Crippen molar-refractivity contribution < 1.29 is 27.5 Å². The zero-order valence-corrected chi connectivity index (χ0v) is 17.9. The molecule has 0 atom stereocenters. The molecule has 1 saturated heterocycles. The quantitative estimate of drug-likeness (QED) is 0.499. The normalized spacial score (nSPS) is 14.8. The lowest BCUT2D eigenvalue weighted by Gasteiger charge is -2.26. The predicted molar refractivity (Wildman–Crippen MR) is 111 cm³/mol. The predicted octanol–water partition coefficient (Wildman–Crippen LogP) is 1.62. The number of aromatic nitrogens is 1. The summed E-state index contributed by atoms with van der Waals surface area (Å²) in [6.07, 6.45) is 3.35. The first-order valence-corrected chi connectivity index (χ1v) is 11.7. The number of nitrogens with zero attached hydrogens (tertiary/aromatic N) is 2. The highest BCUT2D eigenvalue weighted by atomic mass is 32.2. The van der Waals surface area contributed by atoms with Crippen molar-refractivity contribution in [1.29, 1.82) is 0 Å². The van der Waals surface area contributed by atoms with Crippen LogP contribution < -0.4 is 5.32 Å². The molecule has 1 aromatic carbocycles. The molecule has 11 heteroatoms. The second kappa shape index (κ2) is 10.0. The number of sulfonamides is 1. The van der Waals surface area contributed by atoms with Gasteiger partial charge in [0.15, 0.2) is 6.61 Å². The van der Waals surface area contributed by atoms with Crippen molar-refractivity contribution in [2.24, 2.45) is 0 Å². The Balaban J connectivity index is 1.56. The van der Waals surface area contributed by atoms with Crippen molar-refractivity contribution in [3.05, 3.63) is 48.2 Å². The molecule has 1 aromatic heterocycles. The van der Waals surface area contributed by atoms with Gasteiger partial charge in [0.05, 0.1) is 23.7 Å². The minimum Gasteiger partial charge on any atom is -0.452 e. The zero-order valence-electron chi connectivity index (χ0n) is 16.2. The molecule has 0 bridgehead atoms. The molecule has 1 aliphatic heterocycles. The number of hydrogen-bond donors (Lipinski definition) is 1. The van der Waals surface area contributed by atoms with E-state index in [2.05, 4.69) is 10.3 Å². The standard InChI is InChI=1S/C19H21N3O6S2/c1-29-18-16(3-2-8-20-18)19(24)28-13-17(23)21-14-4-6-15(7-5-14)30(25,26)22-9-11-27-12-10-22/h2-8H,9-13H2,1H3,(H,21,23). The summed E-state index contributed by atoms with van der Waals surface area (Å²) in [7, 11) is -3.60. The van der Waals surface area contributed by atoms with Gasteiger partial charge in [-0.25, -0.2) is 18.2 Å². The average Bonchev–Trinajstić information content (AvgIpc) is 2.78. The molecule has 0 aliphatic carbocycles. The Hall–Kier alpha value is -2.47. The van der Waals surface area contributed by atoms with Gasteiger partial charge in [0.1, 0.15) is 5.03 Å². The molecule has 3 rings (SSSR count). The van der Waals surface area contributed by atoms with Crippen LogP contribution in [-0.4, -0.2) is 68.7 Å². The fourth-order valence-corrected chi connectivity index (χ4v) is 4.71. The van der Waals surface area contributed by atoms with E-state index >= 15 is 0 Å². The number of hydrogen-bond acceptors (Lipinski definition) is 8. The van der Waals surface area contributed by atoms with Crippen LogP contribution in [0, 0.1) is 0 Å². The highest BCUT2D eigenvalue weighted by molar-refractivity contribution is 7.98. The lowest BCUT2D eigenvalue weighted by Crippen LogP contribution is -2.40. The van der Waals surface area contributed by atoms with Crippen LogP contribution in [0.4, 0.5) is 5.69 Å². The maximum Gasteiger partial charge on any atom is 0.341 e. The molecule has 2 heterocycles. The molecule has 1 aliphatic rings. The van der Waals surface area contributed by atoms with Crippen molar-refractivity contribution in [2.75, 3.05) is 44.5 Å². The maximum atomic E-state index is 12.6. The molecule has 0 spiro atoms. The van der Waals surface area contributed by atoms with Crippen molar-refractivity contribution >= 4 is 39.3 Å². The summed E-state index contributed by atoms with van der Waals surface area (Å²) in [6, 6.07) is 9.01. The Labute approximate surface area is 178 Å². The topological polar surface area (TPSA) is 115 Å². The van der Waals surface area contributed by atoms with Gasteiger partial charge in [0.2, 0.25) is 10.0 Å². The Morgan fingerprint density at radius 1 is 1.20 bits per heavy atom. The average molecular weight is 452 g/mol. The molecule has 0 saturated carbocycles. The molecule has 9 nitrogen and oxygen atoms in total.